The zero-order chi connectivity index (χ0) is 43.6. The van der Waals surface area contributed by atoms with Crippen molar-refractivity contribution in [1.82, 2.24) is 19.1 Å². The van der Waals surface area contributed by atoms with Gasteiger partial charge in [0.1, 0.15) is 0 Å². The highest BCUT2D eigenvalue weighted by Gasteiger charge is 2.18. The molecule has 0 fully saturated rings. The molecule has 0 saturated carbocycles. The zero-order valence-electron chi connectivity index (χ0n) is 36.5. The lowest BCUT2D eigenvalue weighted by molar-refractivity contribution is 1.16. The van der Waals surface area contributed by atoms with E-state index in [2.05, 4.69) is 218 Å². The van der Waals surface area contributed by atoms with Gasteiger partial charge in [0.2, 0.25) is 0 Å². The van der Waals surface area contributed by atoms with Crippen LogP contribution in [0.5, 0.6) is 0 Å². The summed E-state index contributed by atoms with van der Waals surface area (Å²) in [6.07, 6.45) is 0. The number of hydrogen-bond acceptors (Lipinski definition) is 2. The zero-order valence-corrected chi connectivity index (χ0v) is 36.5. The molecule has 12 aromatic rings. The van der Waals surface area contributed by atoms with Crippen LogP contribution in [-0.4, -0.2) is 19.1 Å². The van der Waals surface area contributed by atoms with Crippen molar-refractivity contribution in [3.8, 4) is 67.5 Å². The first-order chi connectivity index (χ1) is 31.9. The van der Waals surface area contributed by atoms with Crippen LogP contribution in [0.25, 0.3) is 111 Å². The number of aromatic nitrogens is 4. The molecular weight excluding hydrogens is 789 g/mol. The molecule has 12 rings (SSSR count). The average molecular weight is 833 g/mol. The first-order valence-corrected chi connectivity index (χ1v) is 22.3. The Morgan fingerprint density at radius 2 is 0.785 bits per heavy atom. The number of nitrogens with zero attached hydrogens (tertiary/aromatic N) is 4. The molecule has 0 amide bonds. The molecule has 0 bridgehead atoms. The number of rotatable bonds is 7. The summed E-state index contributed by atoms with van der Waals surface area (Å²) >= 11 is 0. The van der Waals surface area contributed by atoms with Gasteiger partial charge in [-0.05, 0) is 121 Å². The Morgan fingerprint density at radius 3 is 1.43 bits per heavy atom. The van der Waals surface area contributed by atoms with Crippen LogP contribution in [-0.2, 0) is 0 Å². The van der Waals surface area contributed by atoms with Gasteiger partial charge in [0.25, 0.3) is 0 Å². The van der Waals surface area contributed by atoms with Crippen LogP contribution in [0.1, 0.15) is 16.7 Å². The Kier molecular flexibility index (Phi) is 9.13. The van der Waals surface area contributed by atoms with E-state index < -0.39 is 0 Å². The SMILES string of the molecule is Cc1ccc2c(c1)c1cc(C)ccc1n2-c1ccc2c(c1)c1ccccc1n2-c1ccc(-c2ccc(-c3ccc(-c4cc(-c5ccccc5)nc(-c5ccccc5)n4)cc3C)cc2)cc1. The predicted molar refractivity (Wildman–Crippen MR) is 272 cm³/mol. The van der Waals surface area contributed by atoms with Crippen molar-refractivity contribution < 1.29 is 0 Å². The normalized spacial score (nSPS) is 11.6. The van der Waals surface area contributed by atoms with E-state index in [4.69, 9.17) is 9.97 Å². The van der Waals surface area contributed by atoms with Crippen molar-refractivity contribution in [1.29, 1.82) is 0 Å². The topological polar surface area (TPSA) is 35.6 Å². The summed E-state index contributed by atoms with van der Waals surface area (Å²) in [7, 11) is 0. The minimum Gasteiger partial charge on any atom is -0.309 e. The van der Waals surface area contributed by atoms with Crippen LogP contribution >= 0.6 is 0 Å². The third-order valence-corrected chi connectivity index (χ3v) is 13.0. The number of fused-ring (bicyclic) bond motifs is 6. The van der Waals surface area contributed by atoms with Gasteiger partial charge >= 0.3 is 0 Å². The molecule has 0 spiro atoms. The first kappa shape index (κ1) is 38.3. The molecule has 0 aliphatic heterocycles. The minimum atomic E-state index is 0.720. The van der Waals surface area contributed by atoms with E-state index in [-0.39, 0.29) is 0 Å². The molecule has 0 radical (unpaired) electrons. The highest BCUT2D eigenvalue weighted by molar-refractivity contribution is 6.12. The average Bonchev–Trinajstić information content (AvgIpc) is 3.86. The summed E-state index contributed by atoms with van der Waals surface area (Å²) in [6, 6.07) is 76.6. The van der Waals surface area contributed by atoms with Gasteiger partial charge in [0.05, 0.1) is 33.5 Å². The second-order valence-corrected chi connectivity index (χ2v) is 17.3. The smallest absolute Gasteiger partial charge is 0.160 e. The van der Waals surface area contributed by atoms with Gasteiger partial charge in [0.15, 0.2) is 5.82 Å². The fourth-order valence-corrected chi connectivity index (χ4v) is 9.77. The molecule has 308 valence electrons. The quantitative estimate of drug-likeness (QED) is 0.160. The standard InChI is InChI=1S/C61H44N4/c1-39-18-31-58-52(34-39)53-35-40(2)19-32-59(53)65(58)49-29-33-60-54(37-49)51-16-10-11-17-57(51)64(60)48-27-24-43(25-28-48)42-20-22-44(23-21-42)50-30-26-47(36-41(50)3)56-38-55(45-12-6-4-7-13-45)62-61(63-56)46-14-8-5-9-15-46/h4-38H,1-3H3. The van der Waals surface area contributed by atoms with E-state index in [1.54, 1.807) is 0 Å². The lowest BCUT2D eigenvalue weighted by Crippen LogP contribution is -1.96. The van der Waals surface area contributed by atoms with Crippen molar-refractivity contribution >= 4 is 43.6 Å². The van der Waals surface area contributed by atoms with Crippen molar-refractivity contribution in [2.75, 3.05) is 0 Å². The molecule has 0 unspecified atom stereocenters. The van der Waals surface area contributed by atoms with Gasteiger partial charge in [-0.15, -0.1) is 0 Å². The molecule has 0 atom stereocenters. The van der Waals surface area contributed by atoms with Gasteiger partial charge in [-0.25, -0.2) is 9.97 Å². The number of benzene rings is 9. The van der Waals surface area contributed by atoms with Crippen LogP contribution in [0.3, 0.4) is 0 Å². The molecule has 9 aromatic carbocycles. The van der Waals surface area contributed by atoms with Crippen molar-refractivity contribution in [3.63, 3.8) is 0 Å². The highest BCUT2D eigenvalue weighted by atomic mass is 15.0. The van der Waals surface area contributed by atoms with E-state index in [9.17, 15) is 0 Å². The molecule has 4 heteroatoms. The van der Waals surface area contributed by atoms with E-state index in [1.165, 1.54) is 88.2 Å². The minimum absolute atomic E-state index is 0.720. The van der Waals surface area contributed by atoms with E-state index in [0.717, 1.165) is 39.6 Å². The maximum absolute atomic E-state index is 5.06. The predicted octanol–water partition coefficient (Wildman–Crippen LogP) is 15.9. The maximum Gasteiger partial charge on any atom is 0.160 e. The molecule has 4 nitrogen and oxygen atoms in total. The monoisotopic (exact) mass is 832 g/mol. The van der Waals surface area contributed by atoms with Crippen LogP contribution in [0.15, 0.2) is 212 Å². The highest BCUT2D eigenvalue weighted by Crippen LogP contribution is 2.39. The Labute approximate surface area is 378 Å². The summed E-state index contributed by atoms with van der Waals surface area (Å²) in [5, 5.41) is 5.06. The molecule has 65 heavy (non-hydrogen) atoms. The lowest BCUT2D eigenvalue weighted by atomic mass is 9.95. The summed E-state index contributed by atoms with van der Waals surface area (Å²) in [4.78, 5) is 10.0. The molecule has 3 heterocycles. The molecule has 0 saturated heterocycles. The molecule has 0 aliphatic carbocycles. The molecular formula is C61H44N4. The molecule has 0 N–H and O–H groups in total. The Morgan fingerprint density at radius 1 is 0.308 bits per heavy atom. The van der Waals surface area contributed by atoms with E-state index in [1.807, 2.05) is 24.3 Å². The number of hydrogen-bond donors (Lipinski definition) is 0. The van der Waals surface area contributed by atoms with Gasteiger partial charge in [0, 0.05) is 49.6 Å². The van der Waals surface area contributed by atoms with E-state index >= 15 is 0 Å². The van der Waals surface area contributed by atoms with Crippen LogP contribution in [0.4, 0.5) is 0 Å². The summed E-state index contributed by atoms with van der Waals surface area (Å²) in [5.41, 5.74) is 20.6. The summed E-state index contributed by atoms with van der Waals surface area (Å²) in [5.74, 6) is 0.720. The summed E-state index contributed by atoms with van der Waals surface area (Å²) in [6.45, 7) is 6.53. The number of aryl methyl sites for hydroxylation is 3. The second kappa shape index (κ2) is 15.5. The summed E-state index contributed by atoms with van der Waals surface area (Å²) < 4.78 is 4.83. The van der Waals surface area contributed by atoms with Crippen LogP contribution < -0.4 is 0 Å². The third kappa shape index (κ3) is 6.70. The fourth-order valence-electron chi connectivity index (χ4n) is 9.77. The molecule has 0 aliphatic rings. The van der Waals surface area contributed by atoms with Gasteiger partial charge in [-0.1, -0.05) is 151 Å². The molecule has 3 aromatic heterocycles. The van der Waals surface area contributed by atoms with Gasteiger partial charge in [-0.3, -0.25) is 0 Å². The number of para-hydroxylation sites is 1. The first-order valence-electron chi connectivity index (χ1n) is 22.3. The fraction of sp³-hybridized carbons (Fsp3) is 0.0492. The van der Waals surface area contributed by atoms with Crippen molar-refractivity contribution in [2.24, 2.45) is 0 Å². The van der Waals surface area contributed by atoms with Crippen LogP contribution in [0, 0.1) is 20.8 Å². The Balaban J connectivity index is 0.851. The van der Waals surface area contributed by atoms with Gasteiger partial charge in [-0.2, -0.15) is 0 Å². The van der Waals surface area contributed by atoms with Gasteiger partial charge < -0.3 is 9.13 Å². The lowest BCUT2D eigenvalue weighted by Gasteiger charge is -2.13. The van der Waals surface area contributed by atoms with E-state index in [0.29, 0.717) is 0 Å². The third-order valence-electron chi connectivity index (χ3n) is 13.0. The van der Waals surface area contributed by atoms with Crippen LogP contribution in [0.2, 0.25) is 0 Å². The largest absolute Gasteiger partial charge is 0.309 e. The Bertz CT molecular complexity index is 3650. The van der Waals surface area contributed by atoms with Crippen molar-refractivity contribution in [2.45, 2.75) is 20.8 Å². The second-order valence-electron chi connectivity index (χ2n) is 17.3. The maximum atomic E-state index is 5.06. The Hall–Kier alpha value is -8.34. The van der Waals surface area contributed by atoms with Crippen molar-refractivity contribution in [3.05, 3.63) is 229 Å².